The second-order valence-electron chi connectivity index (χ2n) is 9.84. The highest BCUT2D eigenvalue weighted by atomic mass is 16.7. The normalized spacial score (nSPS) is 12.3. The molecule has 3 N–H and O–H groups in total. The molecule has 1 aliphatic heterocycles. The second kappa shape index (κ2) is 13.2. The van der Waals surface area contributed by atoms with Crippen LogP contribution < -0.4 is 20.1 Å². The predicted octanol–water partition coefficient (Wildman–Crippen LogP) is 4.44. The lowest BCUT2D eigenvalue weighted by molar-refractivity contribution is 0.0415. The Kier molecular flexibility index (Phi) is 9.46. The summed E-state index contributed by atoms with van der Waals surface area (Å²) in [7, 11) is 0. The summed E-state index contributed by atoms with van der Waals surface area (Å²) in [6, 6.07) is 14.5. The molecular formula is C28H34N4O8. The zero-order valence-electron chi connectivity index (χ0n) is 22.8. The van der Waals surface area contributed by atoms with Crippen molar-refractivity contribution in [3.05, 3.63) is 48.5 Å². The minimum atomic E-state index is -1.18. The van der Waals surface area contributed by atoms with E-state index < -0.39 is 17.8 Å². The van der Waals surface area contributed by atoms with E-state index in [0.29, 0.717) is 68.0 Å². The number of fused-ring (bicyclic) bond motifs is 1. The Morgan fingerprint density at radius 1 is 0.950 bits per heavy atom. The summed E-state index contributed by atoms with van der Waals surface area (Å²) in [6.07, 6.45) is -1.66. The standard InChI is InChI=1S/C28H34N4O8/c1-28(2,3)40-26(33)30-10-12-37-14-13-36-11-9-29-21-6-4-5-20(15-21)23-17-22(31-32(23)27(34)35)19-7-8-24-25(16-19)39-18-38-24/h4-8,15-17,29H,9-14,18H2,1-3H3,(H,30,33)(H,34,35). The van der Waals surface area contributed by atoms with Gasteiger partial charge in [0.1, 0.15) is 5.60 Å². The molecule has 0 aliphatic carbocycles. The number of anilines is 1. The van der Waals surface area contributed by atoms with E-state index in [-0.39, 0.29) is 6.79 Å². The van der Waals surface area contributed by atoms with E-state index in [1.807, 2.05) is 30.3 Å². The van der Waals surface area contributed by atoms with Crippen LogP contribution in [0.25, 0.3) is 22.5 Å². The molecule has 1 amide bonds. The number of carbonyl (C=O) groups is 2. The van der Waals surface area contributed by atoms with Gasteiger partial charge in [-0.1, -0.05) is 12.1 Å². The number of carboxylic acid groups (broad SMARTS) is 1. The highest BCUT2D eigenvalue weighted by Crippen LogP contribution is 2.36. The molecule has 214 valence electrons. The van der Waals surface area contributed by atoms with Gasteiger partial charge in [-0.15, -0.1) is 0 Å². The maximum atomic E-state index is 11.9. The predicted molar refractivity (Wildman–Crippen MR) is 147 cm³/mol. The first-order valence-electron chi connectivity index (χ1n) is 12.9. The average molecular weight is 555 g/mol. The topological polar surface area (TPSA) is 142 Å². The SMILES string of the molecule is CC(C)(C)OC(=O)NCCOCCOCCNc1cccc(-c2cc(-c3ccc4c(c3)OCO4)nn2C(=O)O)c1. The number of amides is 1. The molecule has 12 heteroatoms. The minimum absolute atomic E-state index is 0.154. The van der Waals surface area contributed by atoms with Crippen LogP contribution in [0.4, 0.5) is 15.3 Å². The molecule has 0 fully saturated rings. The Bertz CT molecular complexity index is 1320. The summed E-state index contributed by atoms with van der Waals surface area (Å²) < 4.78 is 27.9. The van der Waals surface area contributed by atoms with Gasteiger partial charge in [0.2, 0.25) is 6.79 Å². The van der Waals surface area contributed by atoms with Crippen LogP contribution in [0.1, 0.15) is 20.8 Å². The Morgan fingerprint density at radius 2 is 1.70 bits per heavy atom. The summed E-state index contributed by atoms with van der Waals surface area (Å²) in [4.78, 5) is 23.5. The quantitative estimate of drug-likeness (QED) is 0.275. The van der Waals surface area contributed by atoms with Crippen molar-refractivity contribution < 1.29 is 38.4 Å². The Labute approximate surface area is 232 Å². The molecule has 0 unspecified atom stereocenters. The lowest BCUT2D eigenvalue weighted by Crippen LogP contribution is -2.34. The van der Waals surface area contributed by atoms with E-state index in [2.05, 4.69) is 15.7 Å². The van der Waals surface area contributed by atoms with E-state index in [0.717, 1.165) is 15.9 Å². The molecule has 4 rings (SSSR count). The van der Waals surface area contributed by atoms with E-state index >= 15 is 0 Å². The summed E-state index contributed by atoms with van der Waals surface area (Å²) in [5.41, 5.74) is 2.65. The molecule has 40 heavy (non-hydrogen) atoms. The van der Waals surface area contributed by atoms with Gasteiger partial charge in [-0.2, -0.15) is 9.78 Å². The van der Waals surface area contributed by atoms with Gasteiger partial charge in [0.05, 0.1) is 37.8 Å². The fraction of sp³-hybridized carbons (Fsp3) is 0.393. The fourth-order valence-corrected chi connectivity index (χ4v) is 3.85. The largest absolute Gasteiger partial charge is 0.463 e. The van der Waals surface area contributed by atoms with Gasteiger partial charge in [0, 0.05) is 29.9 Å². The maximum absolute atomic E-state index is 11.9. The summed E-state index contributed by atoms with van der Waals surface area (Å²) in [6.45, 7) is 8.09. The van der Waals surface area contributed by atoms with Gasteiger partial charge >= 0.3 is 12.2 Å². The molecule has 12 nitrogen and oxygen atoms in total. The Balaban J connectivity index is 1.22. The third-order valence-corrected chi connectivity index (χ3v) is 5.58. The average Bonchev–Trinajstić information content (AvgIpc) is 3.56. The van der Waals surface area contributed by atoms with E-state index in [1.165, 1.54) is 0 Å². The third kappa shape index (κ3) is 8.10. The van der Waals surface area contributed by atoms with Crippen molar-refractivity contribution in [2.75, 3.05) is 51.6 Å². The molecule has 0 atom stereocenters. The van der Waals surface area contributed by atoms with Gasteiger partial charge in [0.15, 0.2) is 11.5 Å². The van der Waals surface area contributed by atoms with Crippen molar-refractivity contribution in [2.45, 2.75) is 26.4 Å². The summed E-state index contributed by atoms with van der Waals surface area (Å²) in [5, 5.41) is 20.0. The number of alkyl carbamates (subject to hydrolysis) is 1. The number of hydrogen-bond donors (Lipinski definition) is 3. The first kappa shape index (κ1) is 28.7. The highest BCUT2D eigenvalue weighted by Gasteiger charge is 2.19. The fourth-order valence-electron chi connectivity index (χ4n) is 3.85. The molecule has 0 spiro atoms. The van der Waals surface area contributed by atoms with Crippen LogP contribution in [0.3, 0.4) is 0 Å². The van der Waals surface area contributed by atoms with Gasteiger partial charge in [-0.25, -0.2) is 9.59 Å². The van der Waals surface area contributed by atoms with Crippen molar-refractivity contribution in [1.29, 1.82) is 0 Å². The lowest BCUT2D eigenvalue weighted by atomic mass is 10.1. The zero-order chi connectivity index (χ0) is 28.5. The first-order valence-corrected chi connectivity index (χ1v) is 12.9. The van der Waals surface area contributed by atoms with Crippen molar-refractivity contribution in [3.8, 4) is 34.0 Å². The number of hydrogen-bond acceptors (Lipinski definition) is 9. The molecule has 2 aromatic carbocycles. The van der Waals surface area contributed by atoms with Crippen molar-refractivity contribution in [1.82, 2.24) is 15.1 Å². The first-order chi connectivity index (χ1) is 19.2. The zero-order valence-corrected chi connectivity index (χ0v) is 22.8. The number of benzene rings is 2. The van der Waals surface area contributed by atoms with Crippen molar-refractivity contribution in [3.63, 3.8) is 0 Å². The minimum Gasteiger partial charge on any atom is -0.463 e. The number of ether oxygens (including phenoxy) is 5. The van der Waals surface area contributed by atoms with Crippen molar-refractivity contribution in [2.24, 2.45) is 0 Å². The lowest BCUT2D eigenvalue weighted by Gasteiger charge is -2.19. The Morgan fingerprint density at radius 3 is 2.45 bits per heavy atom. The van der Waals surface area contributed by atoms with Gasteiger partial charge in [-0.05, 0) is 57.2 Å². The molecule has 3 aromatic rings. The van der Waals surface area contributed by atoms with Crippen LogP contribution in [-0.2, 0) is 14.2 Å². The van der Waals surface area contributed by atoms with Crippen LogP contribution in [0.5, 0.6) is 11.5 Å². The molecule has 2 heterocycles. The second-order valence-corrected chi connectivity index (χ2v) is 9.84. The molecular weight excluding hydrogens is 520 g/mol. The number of carbonyl (C=O) groups excluding carboxylic acids is 1. The van der Waals surface area contributed by atoms with Crippen LogP contribution >= 0.6 is 0 Å². The number of nitrogens with one attached hydrogen (secondary N) is 2. The van der Waals surface area contributed by atoms with E-state index in [1.54, 1.807) is 39.0 Å². The highest BCUT2D eigenvalue weighted by molar-refractivity contribution is 5.80. The summed E-state index contributed by atoms with van der Waals surface area (Å²) >= 11 is 0. The molecule has 1 aliphatic rings. The maximum Gasteiger partial charge on any atom is 0.432 e. The summed E-state index contributed by atoms with van der Waals surface area (Å²) in [5.74, 6) is 1.24. The van der Waals surface area contributed by atoms with Crippen molar-refractivity contribution >= 4 is 17.9 Å². The van der Waals surface area contributed by atoms with Gasteiger partial charge in [-0.3, -0.25) is 0 Å². The number of rotatable bonds is 12. The molecule has 1 aromatic heterocycles. The van der Waals surface area contributed by atoms with Crippen LogP contribution in [0.2, 0.25) is 0 Å². The molecule has 0 saturated carbocycles. The molecule has 0 bridgehead atoms. The smallest absolute Gasteiger partial charge is 0.432 e. The van der Waals surface area contributed by atoms with E-state index in [9.17, 15) is 14.7 Å². The molecule has 0 radical (unpaired) electrons. The Hall–Kier alpha value is -4.29. The van der Waals surface area contributed by atoms with E-state index in [4.69, 9.17) is 23.7 Å². The number of nitrogens with zero attached hydrogens (tertiary/aromatic N) is 2. The monoisotopic (exact) mass is 554 g/mol. The van der Waals surface area contributed by atoms with Gasteiger partial charge < -0.3 is 39.4 Å². The number of aromatic nitrogens is 2. The van der Waals surface area contributed by atoms with Gasteiger partial charge in [0.25, 0.3) is 0 Å². The van der Waals surface area contributed by atoms with Crippen LogP contribution in [-0.4, -0.2) is 79.0 Å². The molecule has 0 saturated heterocycles. The van der Waals surface area contributed by atoms with Crippen LogP contribution in [0, 0.1) is 0 Å². The van der Waals surface area contributed by atoms with Crippen LogP contribution in [0.15, 0.2) is 48.5 Å². The third-order valence-electron chi connectivity index (χ3n) is 5.58.